The topological polar surface area (TPSA) is 99.2 Å². The van der Waals surface area contributed by atoms with Crippen LogP contribution in [0.3, 0.4) is 0 Å². The standard InChI is InChI=1S/C11H18N4O3/c1-2-13-10(16)8-15-11(17)6-9(7-14-15)18-5-3-4-12/h6-7H,2-5,8,12H2,1H3,(H,13,16). The van der Waals surface area contributed by atoms with Crippen LogP contribution < -0.4 is 21.3 Å². The summed E-state index contributed by atoms with van der Waals surface area (Å²) >= 11 is 0. The summed E-state index contributed by atoms with van der Waals surface area (Å²) < 4.78 is 6.36. The minimum absolute atomic E-state index is 0.0875. The number of hydrogen-bond donors (Lipinski definition) is 2. The van der Waals surface area contributed by atoms with Crippen molar-refractivity contribution in [2.75, 3.05) is 19.7 Å². The maximum absolute atomic E-state index is 11.6. The number of nitrogens with zero attached hydrogens (tertiary/aromatic N) is 2. The van der Waals surface area contributed by atoms with Gasteiger partial charge in [-0.1, -0.05) is 0 Å². The number of rotatable bonds is 7. The molecule has 0 aliphatic heterocycles. The minimum Gasteiger partial charge on any atom is -0.492 e. The molecule has 0 aliphatic rings. The molecule has 7 nitrogen and oxygen atoms in total. The Labute approximate surface area is 105 Å². The van der Waals surface area contributed by atoms with Crippen LogP contribution in [0, 0.1) is 0 Å². The Morgan fingerprint density at radius 3 is 3.00 bits per heavy atom. The summed E-state index contributed by atoms with van der Waals surface area (Å²) in [6.45, 7) is 3.21. The van der Waals surface area contributed by atoms with Gasteiger partial charge in [0, 0.05) is 12.6 Å². The third-order valence-electron chi connectivity index (χ3n) is 2.13. The second kappa shape index (κ2) is 7.44. The van der Waals surface area contributed by atoms with Gasteiger partial charge in [0.1, 0.15) is 12.3 Å². The van der Waals surface area contributed by atoms with Crippen LogP contribution in [-0.2, 0) is 11.3 Å². The molecule has 0 aliphatic carbocycles. The molecule has 0 fully saturated rings. The third kappa shape index (κ3) is 4.54. The predicted octanol–water partition coefficient (Wildman–Crippen LogP) is -0.893. The smallest absolute Gasteiger partial charge is 0.270 e. The van der Waals surface area contributed by atoms with Gasteiger partial charge in [0.15, 0.2) is 0 Å². The van der Waals surface area contributed by atoms with Gasteiger partial charge in [-0.05, 0) is 19.9 Å². The van der Waals surface area contributed by atoms with Crippen molar-refractivity contribution < 1.29 is 9.53 Å². The van der Waals surface area contributed by atoms with Crippen molar-refractivity contribution in [3.05, 3.63) is 22.6 Å². The number of carbonyl (C=O) groups is 1. The number of carbonyl (C=O) groups excluding carboxylic acids is 1. The summed E-state index contributed by atoms with van der Waals surface area (Å²) in [7, 11) is 0. The molecule has 0 aromatic carbocycles. The fourth-order valence-corrected chi connectivity index (χ4v) is 1.28. The first-order chi connectivity index (χ1) is 8.67. The van der Waals surface area contributed by atoms with Gasteiger partial charge in [-0.3, -0.25) is 9.59 Å². The van der Waals surface area contributed by atoms with Crippen molar-refractivity contribution in [1.82, 2.24) is 15.1 Å². The Hall–Kier alpha value is -1.89. The maximum Gasteiger partial charge on any atom is 0.270 e. The highest BCUT2D eigenvalue weighted by molar-refractivity contribution is 5.75. The van der Waals surface area contributed by atoms with E-state index < -0.39 is 0 Å². The van der Waals surface area contributed by atoms with E-state index >= 15 is 0 Å². The van der Waals surface area contributed by atoms with Gasteiger partial charge in [0.2, 0.25) is 5.91 Å². The Morgan fingerprint density at radius 1 is 1.61 bits per heavy atom. The normalized spacial score (nSPS) is 10.1. The molecule has 0 atom stereocenters. The molecule has 3 N–H and O–H groups in total. The van der Waals surface area contributed by atoms with Crippen LogP contribution in [-0.4, -0.2) is 35.4 Å². The fraction of sp³-hybridized carbons (Fsp3) is 0.545. The van der Waals surface area contributed by atoms with E-state index in [1.807, 2.05) is 6.92 Å². The lowest BCUT2D eigenvalue weighted by molar-refractivity contribution is -0.121. The lowest BCUT2D eigenvalue weighted by Crippen LogP contribution is -2.33. The highest BCUT2D eigenvalue weighted by Gasteiger charge is 2.05. The zero-order valence-corrected chi connectivity index (χ0v) is 10.4. The van der Waals surface area contributed by atoms with Crippen molar-refractivity contribution in [3.63, 3.8) is 0 Å². The molecule has 18 heavy (non-hydrogen) atoms. The molecule has 0 radical (unpaired) electrons. The van der Waals surface area contributed by atoms with Crippen LogP contribution in [0.15, 0.2) is 17.1 Å². The first kappa shape index (κ1) is 14.2. The molecule has 1 aromatic rings. The van der Waals surface area contributed by atoms with Gasteiger partial charge in [-0.2, -0.15) is 5.10 Å². The quantitative estimate of drug-likeness (QED) is 0.615. The van der Waals surface area contributed by atoms with E-state index in [4.69, 9.17) is 10.5 Å². The number of hydrogen-bond acceptors (Lipinski definition) is 5. The molecule has 0 saturated carbocycles. The van der Waals surface area contributed by atoms with Crippen LogP contribution in [0.25, 0.3) is 0 Å². The van der Waals surface area contributed by atoms with Crippen LogP contribution in [0.2, 0.25) is 0 Å². The van der Waals surface area contributed by atoms with Gasteiger partial charge in [-0.15, -0.1) is 0 Å². The zero-order valence-electron chi connectivity index (χ0n) is 10.4. The van der Waals surface area contributed by atoms with Crippen molar-refractivity contribution in [2.24, 2.45) is 5.73 Å². The first-order valence-corrected chi connectivity index (χ1v) is 5.84. The van der Waals surface area contributed by atoms with Gasteiger partial charge in [0.25, 0.3) is 5.56 Å². The van der Waals surface area contributed by atoms with Crippen LogP contribution >= 0.6 is 0 Å². The van der Waals surface area contributed by atoms with Gasteiger partial charge in [0.05, 0.1) is 12.8 Å². The molecule has 0 saturated heterocycles. The molecule has 7 heteroatoms. The van der Waals surface area contributed by atoms with Crippen molar-refractivity contribution in [3.8, 4) is 5.75 Å². The maximum atomic E-state index is 11.6. The monoisotopic (exact) mass is 254 g/mol. The summed E-state index contributed by atoms with van der Waals surface area (Å²) in [6.07, 6.45) is 2.12. The van der Waals surface area contributed by atoms with E-state index in [2.05, 4.69) is 10.4 Å². The number of nitrogens with two attached hydrogens (primary N) is 1. The Kier molecular flexibility index (Phi) is 5.86. The SMILES string of the molecule is CCNC(=O)Cn1ncc(OCCCN)cc1=O. The van der Waals surface area contributed by atoms with Crippen molar-refractivity contribution in [2.45, 2.75) is 19.9 Å². The van der Waals surface area contributed by atoms with E-state index in [1.54, 1.807) is 0 Å². The Morgan fingerprint density at radius 2 is 2.39 bits per heavy atom. The predicted molar refractivity (Wildman–Crippen MR) is 66.3 cm³/mol. The average Bonchev–Trinajstić information content (AvgIpc) is 2.33. The summed E-state index contributed by atoms with van der Waals surface area (Å²) in [5.74, 6) is 0.143. The molecule has 0 bridgehead atoms. The summed E-state index contributed by atoms with van der Waals surface area (Å²) in [6, 6.07) is 1.31. The summed E-state index contributed by atoms with van der Waals surface area (Å²) in [5, 5.41) is 6.46. The number of nitrogens with one attached hydrogen (secondary N) is 1. The Balaban J connectivity index is 2.62. The lowest BCUT2D eigenvalue weighted by Gasteiger charge is -2.07. The number of likely N-dealkylation sites (N-methyl/N-ethyl adjacent to an activating group) is 1. The molecule has 100 valence electrons. The van der Waals surface area contributed by atoms with E-state index in [1.165, 1.54) is 12.3 Å². The number of amides is 1. The third-order valence-corrected chi connectivity index (χ3v) is 2.13. The average molecular weight is 254 g/mol. The summed E-state index contributed by atoms with van der Waals surface area (Å²) in [5.41, 5.74) is 4.96. The summed E-state index contributed by atoms with van der Waals surface area (Å²) in [4.78, 5) is 22.9. The van der Waals surface area contributed by atoms with Crippen molar-refractivity contribution in [1.29, 1.82) is 0 Å². The Bertz CT molecular complexity index is 444. The van der Waals surface area contributed by atoms with E-state index in [9.17, 15) is 9.59 Å². The lowest BCUT2D eigenvalue weighted by atomic mass is 10.4. The molecule has 0 spiro atoms. The second-order valence-electron chi connectivity index (χ2n) is 3.63. The number of aromatic nitrogens is 2. The molecule has 1 aromatic heterocycles. The van der Waals surface area contributed by atoms with E-state index in [0.717, 1.165) is 4.68 Å². The zero-order chi connectivity index (χ0) is 13.4. The van der Waals surface area contributed by atoms with Crippen LogP contribution in [0.5, 0.6) is 5.75 Å². The highest BCUT2D eigenvalue weighted by atomic mass is 16.5. The number of ether oxygens (including phenoxy) is 1. The highest BCUT2D eigenvalue weighted by Crippen LogP contribution is 2.03. The van der Waals surface area contributed by atoms with Crippen LogP contribution in [0.4, 0.5) is 0 Å². The molecular weight excluding hydrogens is 236 g/mol. The van der Waals surface area contributed by atoms with E-state index in [-0.39, 0.29) is 18.0 Å². The fourth-order valence-electron chi connectivity index (χ4n) is 1.28. The second-order valence-corrected chi connectivity index (χ2v) is 3.63. The molecule has 1 rings (SSSR count). The van der Waals surface area contributed by atoms with Crippen LogP contribution in [0.1, 0.15) is 13.3 Å². The first-order valence-electron chi connectivity index (χ1n) is 5.84. The van der Waals surface area contributed by atoms with Gasteiger partial charge in [-0.25, -0.2) is 4.68 Å². The van der Waals surface area contributed by atoms with Gasteiger partial charge < -0.3 is 15.8 Å². The minimum atomic E-state index is -0.369. The molecule has 0 unspecified atom stereocenters. The molecule has 1 amide bonds. The van der Waals surface area contributed by atoms with E-state index in [0.29, 0.717) is 31.9 Å². The van der Waals surface area contributed by atoms with Crippen molar-refractivity contribution >= 4 is 5.91 Å². The molecular formula is C11H18N4O3. The molecule has 1 heterocycles. The largest absolute Gasteiger partial charge is 0.492 e. The van der Waals surface area contributed by atoms with Gasteiger partial charge >= 0.3 is 0 Å².